The van der Waals surface area contributed by atoms with Gasteiger partial charge >= 0.3 is 0 Å². The van der Waals surface area contributed by atoms with Crippen LogP contribution >= 0.6 is 23.2 Å². The van der Waals surface area contributed by atoms with Crippen molar-refractivity contribution >= 4 is 34.1 Å². The molecule has 0 radical (unpaired) electrons. The molecule has 0 aliphatic heterocycles. The summed E-state index contributed by atoms with van der Waals surface area (Å²) >= 11 is 11.3. The van der Waals surface area contributed by atoms with E-state index in [0.717, 1.165) is 12.1 Å². The molecule has 2 aromatic rings. The van der Waals surface area contributed by atoms with Gasteiger partial charge in [-0.2, -0.15) is 0 Å². The number of fused-ring (bicyclic) bond motifs is 1. The maximum Gasteiger partial charge on any atom is 0.208 e. The minimum absolute atomic E-state index is 0.0131. The van der Waals surface area contributed by atoms with Crippen LogP contribution in [0.1, 0.15) is 0 Å². The van der Waals surface area contributed by atoms with Gasteiger partial charge in [0.15, 0.2) is 0 Å². The number of hydrogen-bond donors (Lipinski definition) is 1. The van der Waals surface area contributed by atoms with Gasteiger partial charge in [0.1, 0.15) is 10.8 Å². The van der Waals surface area contributed by atoms with Crippen LogP contribution in [0.4, 0.5) is 4.39 Å². The van der Waals surface area contributed by atoms with Crippen LogP contribution in [0.25, 0.3) is 10.9 Å². The van der Waals surface area contributed by atoms with Crippen LogP contribution in [-0.2, 0) is 0 Å². The molecule has 14 heavy (non-hydrogen) atoms. The lowest BCUT2D eigenvalue weighted by atomic mass is 10.2. The first kappa shape index (κ1) is 9.49. The molecular formula is C9H4Cl2FNO. The van der Waals surface area contributed by atoms with E-state index in [9.17, 15) is 9.18 Å². The molecule has 0 aliphatic carbocycles. The molecule has 5 heteroatoms. The second-order valence-electron chi connectivity index (χ2n) is 2.78. The van der Waals surface area contributed by atoms with E-state index in [1.165, 1.54) is 6.20 Å². The third-order valence-corrected chi connectivity index (χ3v) is 2.44. The summed E-state index contributed by atoms with van der Waals surface area (Å²) in [5.41, 5.74) is -0.0377. The van der Waals surface area contributed by atoms with Gasteiger partial charge < -0.3 is 4.98 Å². The molecule has 1 aromatic heterocycles. The lowest BCUT2D eigenvalue weighted by Crippen LogP contribution is -2.03. The van der Waals surface area contributed by atoms with E-state index in [-0.39, 0.29) is 15.4 Å². The molecule has 0 amide bonds. The fourth-order valence-electron chi connectivity index (χ4n) is 1.23. The zero-order valence-electron chi connectivity index (χ0n) is 6.77. The highest BCUT2D eigenvalue weighted by Gasteiger charge is 2.07. The molecule has 0 aliphatic rings. The smallest absolute Gasteiger partial charge is 0.208 e. The standard InChI is InChI=1S/C9H4Cl2FNO/c10-6-2-4(12)1-5-8(6)13-3-7(11)9(5)14/h1-3H,(H,13,14). The molecule has 0 spiro atoms. The number of H-pyrrole nitrogens is 1. The number of halogens is 3. The van der Waals surface area contributed by atoms with Crippen LogP contribution in [0.15, 0.2) is 23.1 Å². The molecule has 2 nitrogen and oxygen atoms in total. The van der Waals surface area contributed by atoms with Crippen molar-refractivity contribution in [3.63, 3.8) is 0 Å². The van der Waals surface area contributed by atoms with Gasteiger partial charge in [-0.3, -0.25) is 4.79 Å². The Kier molecular flexibility index (Phi) is 2.21. The molecule has 0 unspecified atom stereocenters. The Bertz CT molecular complexity index is 564. The van der Waals surface area contributed by atoms with E-state index < -0.39 is 11.2 Å². The number of nitrogens with one attached hydrogen (secondary N) is 1. The van der Waals surface area contributed by atoms with Crippen molar-refractivity contribution in [1.82, 2.24) is 4.98 Å². The van der Waals surface area contributed by atoms with E-state index in [1.54, 1.807) is 0 Å². The zero-order valence-corrected chi connectivity index (χ0v) is 8.29. The summed E-state index contributed by atoms with van der Waals surface area (Å²) in [6, 6.07) is 2.24. The molecular weight excluding hydrogens is 228 g/mol. The fourth-order valence-corrected chi connectivity index (χ4v) is 1.65. The molecule has 0 fully saturated rings. The second kappa shape index (κ2) is 3.26. The predicted molar refractivity (Wildman–Crippen MR) is 54.5 cm³/mol. The van der Waals surface area contributed by atoms with Gasteiger partial charge in [-0.25, -0.2) is 4.39 Å². The molecule has 0 saturated carbocycles. The number of benzene rings is 1. The van der Waals surface area contributed by atoms with Crippen LogP contribution < -0.4 is 5.43 Å². The lowest BCUT2D eigenvalue weighted by Gasteiger charge is -2.00. The first-order chi connectivity index (χ1) is 6.59. The largest absolute Gasteiger partial charge is 0.358 e. The van der Waals surface area contributed by atoms with Crippen molar-refractivity contribution in [3.05, 3.63) is 44.4 Å². The molecule has 1 aromatic carbocycles. The summed E-state index contributed by atoms with van der Waals surface area (Å²) in [6.07, 6.45) is 1.33. The first-order valence-corrected chi connectivity index (χ1v) is 4.51. The van der Waals surface area contributed by atoms with Crippen LogP contribution in [0.2, 0.25) is 10.0 Å². The average molecular weight is 232 g/mol. The summed E-state index contributed by atoms with van der Waals surface area (Å²) in [5.74, 6) is -0.560. The van der Waals surface area contributed by atoms with Crippen LogP contribution in [-0.4, -0.2) is 4.98 Å². The van der Waals surface area contributed by atoms with Gasteiger partial charge in [0, 0.05) is 6.20 Å². The molecule has 72 valence electrons. The third kappa shape index (κ3) is 1.38. The van der Waals surface area contributed by atoms with Gasteiger partial charge in [0.25, 0.3) is 0 Å². The zero-order chi connectivity index (χ0) is 10.3. The van der Waals surface area contributed by atoms with Gasteiger partial charge in [-0.15, -0.1) is 0 Å². The average Bonchev–Trinajstić information content (AvgIpc) is 2.12. The Hall–Kier alpha value is -1.06. The van der Waals surface area contributed by atoms with Gasteiger partial charge in [-0.1, -0.05) is 23.2 Å². The Morgan fingerprint density at radius 3 is 2.64 bits per heavy atom. The van der Waals surface area contributed by atoms with Crippen molar-refractivity contribution in [3.8, 4) is 0 Å². The lowest BCUT2D eigenvalue weighted by molar-refractivity contribution is 0.629. The van der Waals surface area contributed by atoms with Crippen LogP contribution in [0, 0.1) is 5.82 Å². The van der Waals surface area contributed by atoms with Crippen molar-refractivity contribution in [2.75, 3.05) is 0 Å². The molecule has 0 atom stereocenters. The highest BCUT2D eigenvalue weighted by atomic mass is 35.5. The Labute approximate surface area is 88.3 Å². The number of hydrogen-bond acceptors (Lipinski definition) is 1. The SMILES string of the molecule is O=c1c(Cl)c[nH]c2c(Cl)cc(F)cc12. The molecule has 0 saturated heterocycles. The number of pyridine rings is 1. The van der Waals surface area contributed by atoms with Crippen molar-refractivity contribution < 1.29 is 4.39 Å². The minimum atomic E-state index is -0.560. The second-order valence-corrected chi connectivity index (χ2v) is 3.59. The van der Waals surface area contributed by atoms with Crippen molar-refractivity contribution in [1.29, 1.82) is 0 Å². The van der Waals surface area contributed by atoms with Gasteiger partial charge in [0.2, 0.25) is 5.43 Å². The van der Waals surface area contributed by atoms with Crippen LogP contribution in [0.5, 0.6) is 0 Å². The molecule has 1 N–H and O–H groups in total. The first-order valence-electron chi connectivity index (χ1n) is 3.75. The quantitative estimate of drug-likeness (QED) is 0.744. The minimum Gasteiger partial charge on any atom is -0.358 e. The summed E-state index contributed by atoms with van der Waals surface area (Å²) < 4.78 is 12.9. The Balaban J connectivity index is 3.03. The van der Waals surface area contributed by atoms with E-state index in [0.29, 0.717) is 5.52 Å². The highest BCUT2D eigenvalue weighted by molar-refractivity contribution is 6.35. The van der Waals surface area contributed by atoms with E-state index >= 15 is 0 Å². The van der Waals surface area contributed by atoms with E-state index in [1.807, 2.05) is 0 Å². The van der Waals surface area contributed by atoms with E-state index in [2.05, 4.69) is 4.98 Å². The van der Waals surface area contributed by atoms with Gasteiger partial charge in [0.05, 0.1) is 15.9 Å². The maximum absolute atomic E-state index is 12.9. The molecule has 0 bridgehead atoms. The summed E-state index contributed by atoms with van der Waals surface area (Å²) in [6.45, 7) is 0. The topological polar surface area (TPSA) is 32.9 Å². The predicted octanol–water partition coefficient (Wildman–Crippen LogP) is 2.97. The van der Waals surface area contributed by atoms with Crippen molar-refractivity contribution in [2.24, 2.45) is 0 Å². The summed E-state index contributed by atoms with van der Waals surface area (Å²) in [4.78, 5) is 14.2. The number of aromatic amines is 1. The van der Waals surface area contributed by atoms with E-state index in [4.69, 9.17) is 23.2 Å². The number of aromatic nitrogens is 1. The fraction of sp³-hybridized carbons (Fsp3) is 0. The third-order valence-electron chi connectivity index (χ3n) is 1.86. The Morgan fingerprint density at radius 2 is 1.93 bits per heavy atom. The highest BCUT2D eigenvalue weighted by Crippen LogP contribution is 2.21. The summed E-state index contributed by atoms with van der Waals surface area (Å²) in [7, 11) is 0. The molecule has 1 heterocycles. The normalized spacial score (nSPS) is 10.8. The Morgan fingerprint density at radius 1 is 1.21 bits per heavy atom. The molecule has 2 rings (SSSR count). The summed E-state index contributed by atoms with van der Waals surface area (Å²) in [5, 5.41) is 0.329. The van der Waals surface area contributed by atoms with Crippen LogP contribution in [0.3, 0.4) is 0 Å². The van der Waals surface area contributed by atoms with Gasteiger partial charge in [-0.05, 0) is 12.1 Å². The van der Waals surface area contributed by atoms with Crippen molar-refractivity contribution in [2.45, 2.75) is 0 Å². The monoisotopic (exact) mass is 231 g/mol. The maximum atomic E-state index is 12.9. The number of rotatable bonds is 0.